The summed E-state index contributed by atoms with van der Waals surface area (Å²) in [5.41, 5.74) is 0.651. The maximum absolute atomic E-state index is 13.0. The number of hydrogen-bond acceptors (Lipinski definition) is 3. The van der Waals surface area contributed by atoms with Crippen LogP contribution in [-0.2, 0) is 19.1 Å². The van der Waals surface area contributed by atoms with Crippen molar-refractivity contribution < 1.29 is 17.9 Å². The summed E-state index contributed by atoms with van der Waals surface area (Å²) in [6.45, 7) is 4.59. The average Bonchev–Trinajstić information content (AvgIpc) is 2.99. The first-order chi connectivity index (χ1) is 10.9. The molecule has 1 heterocycles. The first kappa shape index (κ1) is 17.3. The van der Waals surface area contributed by atoms with Crippen LogP contribution in [0.1, 0.15) is 43.0 Å². The zero-order chi connectivity index (χ0) is 17.0. The lowest BCUT2D eigenvalue weighted by molar-refractivity contribution is -0.137. The predicted molar refractivity (Wildman–Crippen MR) is 80.4 cm³/mol. The van der Waals surface area contributed by atoms with Crippen LogP contribution in [0, 0.1) is 0 Å². The minimum atomic E-state index is -4.37. The maximum Gasteiger partial charge on any atom is 0.416 e. The summed E-state index contributed by atoms with van der Waals surface area (Å²) in [6, 6.07) is 3.60. The topological polar surface area (TPSA) is 39.9 Å². The summed E-state index contributed by atoms with van der Waals surface area (Å²) >= 11 is 0. The normalized spacial score (nSPS) is 13.1. The number of halogens is 3. The molecule has 4 nitrogen and oxygen atoms in total. The minimum Gasteiger partial charge on any atom is -0.496 e. The Morgan fingerprint density at radius 2 is 2.00 bits per heavy atom. The highest BCUT2D eigenvalue weighted by Gasteiger charge is 2.32. The number of nitrogens with zero attached hydrogens (tertiary/aromatic N) is 3. The molecule has 0 amide bonds. The molecule has 2 aromatic rings. The highest BCUT2D eigenvalue weighted by atomic mass is 19.4. The Balaban J connectivity index is 2.35. The second-order valence-electron chi connectivity index (χ2n) is 5.33. The molecule has 0 bridgehead atoms. The lowest BCUT2D eigenvalue weighted by Crippen LogP contribution is -2.10. The predicted octanol–water partition coefficient (Wildman–Crippen LogP) is 4.06. The van der Waals surface area contributed by atoms with Gasteiger partial charge in [-0.1, -0.05) is 12.1 Å². The van der Waals surface area contributed by atoms with Crippen molar-refractivity contribution >= 4 is 0 Å². The minimum absolute atomic E-state index is 0.116. The second kappa shape index (κ2) is 7.02. The molecule has 126 valence electrons. The van der Waals surface area contributed by atoms with Crippen LogP contribution >= 0.6 is 0 Å². The van der Waals surface area contributed by atoms with Crippen molar-refractivity contribution in [2.45, 2.75) is 45.3 Å². The van der Waals surface area contributed by atoms with E-state index in [1.165, 1.54) is 19.2 Å². The van der Waals surface area contributed by atoms with E-state index in [1.54, 1.807) is 4.68 Å². The van der Waals surface area contributed by atoms with Gasteiger partial charge in [-0.15, -0.1) is 5.10 Å². The van der Waals surface area contributed by atoms with Crippen LogP contribution in [0.25, 0.3) is 0 Å². The Kier molecular flexibility index (Phi) is 5.28. The molecule has 1 aromatic heterocycles. The van der Waals surface area contributed by atoms with Crippen molar-refractivity contribution in [1.82, 2.24) is 15.0 Å². The van der Waals surface area contributed by atoms with Gasteiger partial charge in [0.15, 0.2) is 0 Å². The van der Waals surface area contributed by atoms with Crippen molar-refractivity contribution in [2.24, 2.45) is 0 Å². The largest absolute Gasteiger partial charge is 0.496 e. The van der Waals surface area contributed by atoms with Gasteiger partial charge in [-0.25, -0.2) is 0 Å². The van der Waals surface area contributed by atoms with Gasteiger partial charge in [0.2, 0.25) is 0 Å². The van der Waals surface area contributed by atoms with Crippen LogP contribution in [0.15, 0.2) is 24.4 Å². The van der Waals surface area contributed by atoms with Crippen LogP contribution in [0.5, 0.6) is 5.75 Å². The smallest absolute Gasteiger partial charge is 0.416 e. The summed E-state index contributed by atoms with van der Waals surface area (Å²) in [5, 5.41) is 8.05. The Bertz CT molecular complexity index is 652. The van der Waals surface area contributed by atoms with E-state index < -0.39 is 11.7 Å². The molecule has 0 aliphatic rings. The molecule has 0 radical (unpaired) electrons. The molecular formula is C16H20F3N3O. The quantitative estimate of drug-likeness (QED) is 0.803. The lowest BCUT2D eigenvalue weighted by Gasteiger charge is -2.19. The fourth-order valence-corrected chi connectivity index (χ4v) is 2.54. The van der Waals surface area contributed by atoms with E-state index in [4.69, 9.17) is 4.74 Å². The van der Waals surface area contributed by atoms with Crippen LogP contribution < -0.4 is 4.74 Å². The summed E-state index contributed by atoms with van der Waals surface area (Å²) in [7, 11) is 1.46. The monoisotopic (exact) mass is 327 g/mol. The molecule has 0 fully saturated rings. The number of alkyl halides is 3. The van der Waals surface area contributed by atoms with Crippen LogP contribution in [0.3, 0.4) is 0 Å². The van der Waals surface area contributed by atoms with Gasteiger partial charge in [-0.3, -0.25) is 4.68 Å². The molecule has 23 heavy (non-hydrogen) atoms. The first-order valence-corrected chi connectivity index (χ1v) is 7.53. The number of aromatic nitrogens is 3. The molecular weight excluding hydrogens is 307 g/mol. The van der Waals surface area contributed by atoms with Gasteiger partial charge < -0.3 is 4.74 Å². The number of ether oxygens (including phenoxy) is 1. The second-order valence-corrected chi connectivity index (χ2v) is 5.33. The van der Waals surface area contributed by atoms with Crippen LogP contribution in [0.2, 0.25) is 0 Å². The lowest BCUT2D eigenvalue weighted by atomic mass is 9.90. The Morgan fingerprint density at radius 1 is 1.26 bits per heavy atom. The van der Waals surface area contributed by atoms with E-state index in [1.807, 2.05) is 20.0 Å². The zero-order valence-electron chi connectivity index (χ0n) is 13.4. The van der Waals surface area contributed by atoms with Gasteiger partial charge in [0.1, 0.15) is 5.75 Å². The third-order valence-electron chi connectivity index (χ3n) is 3.86. The number of aryl methyl sites for hydroxylation is 1. The Morgan fingerprint density at radius 3 is 2.52 bits per heavy atom. The van der Waals surface area contributed by atoms with E-state index in [0.717, 1.165) is 11.8 Å². The van der Waals surface area contributed by atoms with Gasteiger partial charge in [0.05, 0.1) is 18.4 Å². The summed E-state index contributed by atoms with van der Waals surface area (Å²) in [6.07, 6.45) is -1.35. The van der Waals surface area contributed by atoms with Crippen molar-refractivity contribution in [3.63, 3.8) is 0 Å². The number of benzene rings is 1. The summed E-state index contributed by atoms with van der Waals surface area (Å²) in [5.74, 6) is 0.349. The summed E-state index contributed by atoms with van der Waals surface area (Å²) in [4.78, 5) is 0. The Labute approximate surface area is 133 Å². The highest BCUT2D eigenvalue weighted by Crippen LogP contribution is 2.37. The average molecular weight is 327 g/mol. The van der Waals surface area contributed by atoms with Crippen molar-refractivity contribution in [1.29, 1.82) is 0 Å². The van der Waals surface area contributed by atoms with E-state index in [9.17, 15) is 13.2 Å². The molecule has 1 aromatic carbocycles. The van der Waals surface area contributed by atoms with Gasteiger partial charge in [0, 0.05) is 19.2 Å². The molecule has 0 spiro atoms. The van der Waals surface area contributed by atoms with Crippen LogP contribution in [0.4, 0.5) is 13.2 Å². The van der Waals surface area contributed by atoms with E-state index in [-0.39, 0.29) is 5.92 Å². The molecule has 0 saturated heterocycles. The van der Waals surface area contributed by atoms with Crippen molar-refractivity contribution in [3.05, 3.63) is 41.2 Å². The van der Waals surface area contributed by atoms with E-state index in [2.05, 4.69) is 10.3 Å². The standard InChI is InChI=1S/C16H20F3N3O/c1-4-11(8-13-10-22(5-2)21-20-13)14-9-12(16(17,18)19)6-7-15(14)23-3/h6-7,9-11H,4-5,8H2,1-3H3. The third-order valence-corrected chi connectivity index (χ3v) is 3.86. The number of methoxy groups -OCH3 is 1. The summed E-state index contributed by atoms with van der Waals surface area (Å²) < 4.78 is 45.9. The fraction of sp³-hybridized carbons (Fsp3) is 0.500. The van der Waals surface area contributed by atoms with E-state index in [0.29, 0.717) is 30.7 Å². The van der Waals surface area contributed by atoms with Crippen molar-refractivity contribution in [2.75, 3.05) is 7.11 Å². The molecule has 0 aliphatic carbocycles. The van der Waals surface area contributed by atoms with Crippen molar-refractivity contribution in [3.8, 4) is 5.75 Å². The van der Waals surface area contributed by atoms with Gasteiger partial charge in [-0.05, 0) is 43.0 Å². The van der Waals surface area contributed by atoms with Crippen LogP contribution in [-0.4, -0.2) is 22.1 Å². The molecule has 2 rings (SSSR count). The first-order valence-electron chi connectivity index (χ1n) is 7.53. The van der Waals surface area contributed by atoms with E-state index >= 15 is 0 Å². The maximum atomic E-state index is 13.0. The number of rotatable bonds is 6. The zero-order valence-corrected chi connectivity index (χ0v) is 13.4. The van der Waals surface area contributed by atoms with Gasteiger partial charge >= 0.3 is 6.18 Å². The fourth-order valence-electron chi connectivity index (χ4n) is 2.54. The van der Waals surface area contributed by atoms with Gasteiger partial charge in [-0.2, -0.15) is 13.2 Å². The highest BCUT2D eigenvalue weighted by molar-refractivity contribution is 5.41. The third kappa shape index (κ3) is 4.03. The molecule has 1 atom stereocenters. The van der Waals surface area contributed by atoms with Gasteiger partial charge in [0.25, 0.3) is 0 Å². The molecule has 0 saturated carbocycles. The molecule has 0 aliphatic heterocycles. The molecule has 0 N–H and O–H groups in total. The number of hydrogen-bond donors (Lipinski definition) is 0. The Hall–Kier alpha value is -2.05. The molecule has 1 unspecified atom stereocenters. The SMILES string of the molecule is CCC(Cc1cn(CC)nn1)c1cc(C(F)(F)F)ccc1OC. The molecule has 7 heteroatoms.